The van der Waals surface area contributed by atoms with Gasteiger partial charge in [0, 0.05) is 31.7 Å². The van der Waals surface area contributed by atoms with Crippen LogP contribution in [0.2, 0.25) is 0 Å². The molecule has 0 unspecified atom stereocenters. The average Bonchev–Trinajstić information content (AvgIpc) is 2.68. The van der Waals surface area contributed by atoms with Crippen molar-refractivity contribution < 1.29 is 14.3 Å². The number of carbonyl (C=O) groups is 2. The van der Waals surface area contributed by atoms with Crippen molar-refractivity contribution in [1.82, 2.24) is 19.8 Å². The molecule has 1 aliphatic heterocycles. The van der Waals surface area contributed by atoms with Crippen LogP contribution in [-0.4, -0.2) is 64.6 Å². The van der Waals surface area contributed by atoms with Gasteiger partial charge in [-0.05, 0) is 38.5 Å². The number of ether oxygens (including phenoxy) is 1. The van der Waals surface area contributed by atoms with Crippen LogP contribution in [0.25, 0.3) is 11.0 Å². The minimum atomic E-state index is -0.289. The molecule has 3 rings (SSSR count). The van der Waals surface area contributed by atoms with E-state index >= 15 is 0 Å². The molecule has 1 saturated heterocycles. The average molecular weight is 370 g/mol. The Hall–Kier alpha value is -2.70. The fourth-order valence-electron chi connectivity index (χ4n) is 3.03. The summed E-state index contributed by atoms with van der Waals surface area (Å²) in [5.74, 6) is -0.0454. The van der Waals surface area contributed by atoms with Gasteiger partial charge in [0.15, 0.2) is 0 Å². The monoisotopic (exact) mass is 370 g/mol. The van der Waals surface area contributed by atoms with Crippen LogP contribution < -0.4 is 0 Å². The fourth-order valence-corrected chi connectivity index (χ4v) is 3.03. The molecule has 0 saturated carbocycles. The van der Waals surface area contributed by atoms with Crippen LogP contribution >= 0.6 is 0 Å². The molecule has 1 fully saturated rings. The Bertz CT molecular complexity index is 844. The lowest BCUT2D eigenvalue weighted by Gasteiger charge is -2.34. The van der Waals surface area contributed by atoms with Gasteiger partial charge in [0.1, 0.15) is 0 Å². The Morgan fingerprint density at radius 2 is 1.63 bits per heavy atom. The summed E-state index contributed by atoms with van der Waals surface area (Å²) in [6, 6.07) is 5.42. The lowest BCUT2D eigenvalue weighted by molar-refractivity contribution is 0.0558. The van der Waals surface area contributed by atoms with Crippen molar-refractivity contribution in [3.8, 4) is 0 Å². The van der Waals surface area contributed by atoms with Gasteiger partial charge in [-0.1, -0.05) is 13.3 Å². The van der Waals surface area contributed by atoms with Crippen LogP contribution in [-0.2, 0) is 4.74 Å². The summed E-state index contributed by atoms with van der Waals surface area (Å²) in [7, 11) is 0. The van der Waals surface area contributed by atoms with Gasteiger partial charge in [0.2, 0.25) is 0 Å². The van der Waals surface area contributed by atoms with Crippen molar-refractivity contribution in [2.75, 3.05) is 32.8 Å². The third-order valence-corrected chi connectivity index (χ3v) is 4.87. The molecule has 27 heavy (non-hydrogen) atoms. The largest absolute Gasteiger partial charge is 0.449 e. The Labute approximate surface area is 159 Å². The number of piperazine rings is 1. The van der Waals surface area contributed by atoms with Crippen LogP contribution in [0.15, 0.2) is 18.2 Å². The number of hydrogen-bond donors (Lipinski definition) is 0. The smallest absolute Gasteiger partial charge is 0.409 e. The first kappa shape index (κ1) is 19.1. The molecule has 2 aromatic rings. The molecule has 1 aliphatic rings. The molecule has 1 aromatic heterocycles. The summed E-state index contributed by atoms with van der Waals surface area (Å²) in [6.07, 6.45) is 1.57. The van der Waals surface area contributed by atoms with Crippen LogP contribution in [0.4, 0.5) is 4.79 Å². The number of rotatable bonds is 4. The summed E-state index contributed by atoms with van der Waals surface area (Å²) in [5.41, 5.74) is 3.86. The van der Waals surface area contributed by atoms with E-state index in [2.05, 4.69) is 16.9 Å². The predicted molar refractivity (Wildman–Crippen MR) is 103 cm³/mol. The highest BCUT2D eigenvalue weighted by atomic mass is 16.6. The molecular weight excluding hydrogens is 344 g/mol. The molecule has 0 atom stereocenters. The van der Waals surface area contributed by atoms with Gasteiger partial charge in [0.25, 0.3) is 5.91 Å². The number of aromatic nitrogens is 2. The van der Waals surface area contributed by atoms with Gasteiger partial charge >= 0.3 is 6.09 Å². The molecular formula is C20H26N4O3. The Kier molecular flexibility index (Phi) is 5.88. The molecule has 2 amide bonds. The molecule has 0 radical (unpaired) electrons. The van der Waals surface area contributed by atoms with E-state index in [4.69, 9.17) is 4.74 Å². The topological polar surface area (TPSA) is 75.6 Å². The number of nitrogens with zero attached hydrogens (tertiary/aromatic N) is 4. The van der Waals surface area contributed by atoms with Gasteiger partial charge < -0.3 is 14.5 Å². The zero-order chi connectivity index (χ0) is 19.4. The van der Waals surface area contributed by atoms with E-state index in [1.54, 1.807) is 21.9 Å². The molecule has 1 aromatic carbocycles. The predicted octanol–water partition coefficient (Wildman–Crippen LogP) is 2.94. The van der Waals surface area contributed by atoms with Crippen molar-refractivity contribution in [2.24, 2.45) is 0 Å². The number of amides is 2. The maximum Gasteiger partial charge on any atom is 0.409 e. The van der Waals surface area contributed by atoms with E-state index in [0.717, 1.165) is 35.3 Å². The third kappa shape index (κ3) is 4.35. The van der Waals surface area contributed by atoms with Crippen LogP contribution in [0.1, 0.15) is 41.5 Å². The van der Waals surface area contributed by atoms with E-state index < -0.39 is 0 Å². The second kappa shape index (κ2) is 8.33. The van der Waals surface area contributed by atoms with Crippen molar-refractivity contribution in [1.29, 1.82) is 0 Å². The molecule has 0 spiro atoms. The number of aryl methyl sites for hydroxylation is 2. The maximum atomic E-state index is 12.8. The minimum Gasteiger partial charge on any atom is -0.449 e. The summed E-state index contributed by atoms with van der Waals surface area (Å²) < 4.78 is 5.24. The molecule has 0 aliphatic carbocycles. The number of carbonyl (C=O) groups excluding carboxylic acids is 2. The Morgan fingerprint density at radius 3 is 2.30 bits per heavy atom. The zero-order valence-corrected chi connectivity index (χ0v) is 16.2. The van der Waals surface area contributed by atoms with Gasteiger partial charge in [-0.25, -0.2) is 14.8 Å². The van der Waals surface area contributed by atoms with Gasteiger partial charge in [-0.3, -0.25) is 4.79 Å². The van der Waals surface area contributed by atoms with Crippen molar-refractivity contribution in [2.45, 2.75) is 33.6 Å². The highest BCUT2D eigenvalue weighted by Gasteiger charge is 2.25. The van der Waals surface area contributed by atoms with Crippen molar-refractivity contribution in [3.05, 3.63) is 35.2 Å². The standard InChI is InChI=1S/C20H26N4O3/c1-4-5-12-27-20(26)24-10-8-23(9-11-24)19(25)16-6-7-17-18(13-16)22-15(3)14(2)21-17/h6-7,13H,4-5,8-12H2,1-3H3. The minimum absolute atomic E-state index is 0.0454. The molecule has 144 valence electrons. The van der Waals surface area contributed by atoms with E-state index in [1.165, 1.54) is 0 Å². The second-order valence-electron chi connectivity index (χ2n) is 6.85. The highest BCUT2D eigenvalue weighted by molar-refractivity contribution is 5.97. The molecule has 0 bridgehead atoms. The Balaban J connectivity index is 1.63. The summed E-state index contributed by atoms with van der Waals surface area (Å²) in [5, 5.41) is 0. The number of hydrogen-bond acceptors (Lipinski definition) is 5. The van der Waals surface area contributed by atoms with E-state index in [-0.39, 0.29) is 12.0 Å². The number of unbranched alkanes of at least 4 members (excludes halogenated alkanes) is 1. The van der Waals surface area contributed by atoms with Gasteiger partial charge in [0.05, 0.1) is 29.0 Å². The zero-order valence-electron chi connectivity index (χ0n) is 16.2. The lowest BCUT2D eigenvalue weighted by atomic mass is 10.1. The van der Waals surface area contributed by atoms with E-state index in [1.807, 2.05) is 19.9 Å². The first-order valence-corrected chi connectivity index (χ1v) is 9.45. The highest BCUT2D eigenvalue weighted by Crippen LogP contribution is 2.17. The van der Waals surface area contributed by atoms with Crippen LogP contribution in [0, 0.1) is 13.8 Å². The summed E-state index contributed by atoms with van der Waals surface area (Å²) in [4.78, 5) is 37.3. The second-order valence-corrected chi connectivity index (χ2v) is 6.85. The summed E-state index contributed by atoms with van der Waals surface area (Å²) in [6.45, 7) is 8.31. The normalized spacial score (nSPS) is 14.5. The first-order chi connectivity index (χ1) is 13.0. The van der Waals surface area contributed by atoms with Crippen LogP contribution in [0.3, 0.4) is 0 Å². The van der Waals surface area contributed by atoms with Crippen molar-refractivity contribution in [3.63, 3.8) is 0 Å². The van der Waals surface area contributed by atoms with Gasteiger partial charge in [-0.15, -0.1) is 0 Å². The Morgan fingerprint density at radius 1 is 1.00 bits per heavy atom. The number of fused-ring (bicyclic) bond motifs is 1. The third-order valence-electron chi connectivity index (χ3n) is 4.87. The van der Waals surface area contributed by atoms with Crippen LogP contribution in [0.5, 0.6) is 0 Å². The molecule has 7 nitrogen and oxygen atoms in total. The quantitative estimate of drug-likeness (QED) is 0.774. The molecule has 2 heterocycles. The fraction of sp³-hybridized carbons (Fsp3) is 0.500. The van der Waals surface area contributed by atoms with Crippen molar-refractivity contribution >= 4 is 23.0 Å². The molecule has 7 heteroatoms. The lowest BCUT2D eigenvalue weighted by Crippen LogP contribution is -2.50. The maximum absolute atomic E-state index is 12.8. The van der Waals surface area contributed by atoms with E-state index in [0.29, 0.717) is 38.3 Å². The van der Waals surface area contributed by atoms with Gasteiger partial charge in [-0.2, -0.15) is 0 Å². The SMILES string of the molecule is CCCCOC(=O)N1CCN(C(=O)c2ccc3nc(C)c(C)nc3c2)CC1. The van der Waals surface area contributed by atoms with E-state index in [9.17, 15) is 9.59 Å². The first-order valence-electron chi connectivity index (χ1n) is 9.45. The number of benzene rings is 1. The summed E-state index contributed by atoms with van der Waals surface area (Å²) >= 11 is 0. The molecule has 0 N–H and O–H groups in total.